The van der Waals surface area contributed by atoms with Crippen molar-refractivity contribution in [1.29, 1.82) is 0 Å². The van der Waals surface area contributed by atoms with E-state index in [4.69, 9.17) is 0 Å². The van der Waals surface area contributed by atoms with E-state index < -0.39 is 11.7 Å². The Morgan fingerprint density at radius 3 is 2.68 bits per heavy atom. The van der Waals surface area contributed by atoms with Gasteiger partial charge >= 0.3 is 6.18 Å². The van der Waals surface area contributed by atoms with Gasteiger partial charge in [0.2, 0.25) is 0 Å². The van der Waals surface area contributed by atoms with Crippen LogP contribution in [-0.4, -0.2) is 40.6 Å². The van der Waals surface area contributed by atoms with E-state index >= 15 is 0 Å². The van der Waals surface area contributed by atoms with Gasteiger partial charge in [-0.2, -0.15) is 13.2 Å². The highest BCUT2D eigenvalue weighted by molar-refractivity contribution is 5.77. The van der Waals surface area contributed by atoms with Crippen LogP contribution in [0.15, 0.2) is 18.2 Å². The first kappa shape index (κ1) is 16.8. The van der Waals surface area contributed by atoms with E-state index in [0.29, 0.717) is 17.5 Å². The minimum atomic E-state index is -4.33. The fourth-order valence-corrected chi connectivity index (χ4v) is 4.30. The maximum absolute atomic E-state index is 12.9. The van der Waals surface area contributed by atoms with Crippen LogP contribution in [0.3, 0.4) is 0 Å². The van der Waals surface area contributed by atoms with Gasteiger partial charge in [0.25, 0.3) is 0 Å². The Hall–Kier alpha value is -1.60. The van der Waals surface area contributed by atoms with E-state index in [1.54, 1.807) is 0 Å². The first-order valence-electron chi connectivity index (χ1n) is 8.82. The molecule has 0 bridgehead atoms. The van der Waals surface area contributed by atoms with Crippen molar-refractivity contribution in [2.24, 2.45) is 12.5 Å². The van der Waals surface area contributed by atoms with Crippen molar-refractivity contribution in [3.05, 3.63) is 29.6 Å². The molecule has 2 aromatic rings. The molecule has 2 aliphatic heterocycles. The molecular weight excluding hydrogens is 329 g/mol. The summed E-state index contributed by atoms with van der Waals surface area (Å²) in [6, 6.07) is 3.80. The highest BCUT2D eigenvalue weighted by Gasteiger charge is 2.39. The Morgan fingerprint density at radius 2 is 1.96 bits per heavy atom. The minimum absolute atomic E-state index is 0.416. The molecule has 136 valence electrons. The number of hydrogen-bond acceptors (Lipinski definition) is 3. The maximum Gasteiger partial charge on any atom is 0.416 e. The summed E-state index contributed by atoms with van der Waals surface area (Å²) in [5.41, 5.74) is 0.945. The fourth-order valence-electron chi connectivity index (χ4n) is 4.30. The molecule has 1 spiro atoms. The first-order chi connectivity index (χ1) is 11.9. The zero-order chi connectivity index (χ0) is 17.7. The normalized spacial score (nSPS) is 21.4. The first-order valence-corrected chi connectivity index (χ1v) is 8.82. The second kappa shape index (κ2) is 5.99. The molecule has 4 nitrogen and oxygen atoms in total. The third-order valence-corrected chi connectivity index (χ3v) is 5.85. The van der Waals surface area contributed by atoms with E-state index in [9.17, 15) is 13.2 Å². The maximum atomic E-state index is 12.9. The zero-order valence-corrected chi connectivity index (χ0v) is 14.4. The molecule has 2 fully saturated rings. The SMILES string of the molecule is Cn1c(CN2CCC3(CCNCC3)C2)nc2cc(C(F)(F)F)ccc21. The van der Waals surface area contributed by atoms with Crippen LogP contribution >= 0.6 is 0 Å². The van der Waals surface area contributed by atoms with Gasteiger partial charge in [-0.3, -0.25) is 4.90 Å². The standard InChI is InChI=1S/C18H23F3N4/c1-24-15-3-2-13(18(19,20)21)10-14(15)23-16(24)11-25-9-6-17(12-25)4-7-22-8-5-17/h2-3,10,22H,4-9,11-12H2,1H3. The highest BCUT2D eigenvalue weighted by Crippen LogP contribution is 2.39. The minimum Gasteiger partial charge on any atom is -0.330 e. The molecule has 0 radical (unpaired) electrons. The summed E-state index contributed by atoms with van der Waals surface area (Å²) in [7, 11) is 1.88. The van der Waals surface area contributed by atoms with Gasteiger partial charge < -0.3 is 9.88 Å². The van der Waals surface area contributed by atoms with Crippen LogP contribution in [0.2, 0.25) is 0 Å². The number of rotatable bonds is 2. The largest absolute Gasteiger partial charge is 0.416 e. The summed E-state index contributed by atoms with van der Waals surface area (Å²) in [6.07, 6.45) is -0.707. The van der Waals surface area contributed by atoms with Crippen LogP contribution < -0.4 is 5.32 Å². The molecule has 0 atom stereocenters. The molecule has 0 saturated carbocycles. The van der Waals surface area contributed by atoms with E-state index in [1.807, 2.05) is 11.6 Å². The van der Waals surface area contributed by atoms with E-state index in [1.165, 1.54) is 25.3 Å². The Morgan fingerprint density at radius 1 is 1.20 bits per heavy atom. The topological polar surface area (TPSA) is 33.1 Å². The van der Waals surface area contributed by atoms with Crippen molar-refractivity contribution in [3.8, 4) is 0 Å². The smallest absolute Gasteiger partial charge is 0.330 e. The van der Waals surface area contributed by atoms with Crippen LogP contribution in [0, 0.1) is 5.41 Å². The van der Waals surface area contributed by atoms with Crippen molar-refractivity contribution in [2.75, 3.05) is 26.2 Å². The van der Waals surface area contributed by atoms with Crippen molar-refractivity contribution in [3.63, 3.8) is 0 Å². The molecule has 1 aromatic heterocycles. The Labute approximate surface area is 145 Å². The summed E-state index contributed by atoms with van der Waals surface area (Å²) in [4.78, 5) is 6.89. The van der Waals surface area contributed by atoms with Gasteiger partial charge in [0.15, 0.2) is 0 Å². The summed E-state index contributed by atoms with van der Waals surface area (Å²) in [6.45, 7) is 4.96. The number of nitrogens with one attached hydrogen (secondary N) is 1. The van der Waals surface area contributed by atoms with Crippen LogP contribution in [-0.2, 0) is 19.8 Å². The molecule has 2 saturated heterocycles. The second-order valence-electron chi connectivity index (χ2n) is 7.50. The predicted octanol–water partition coefficient (Wildman–Crippen LogP) is 3.17. The van der Waals surface area contributed by atoms with Gasteiger partial charge in [0.1, 0.15) is 5.82 Å². The lowest BCUT2D eigenvalue weighted by Gasteiger charge is -2.33. The number of aromatic nitrogens is 2. The molecular formula is C18H23F3N4. The van der Waals surface area contributed by atoms with Crippen molar-refractivity contribution < 1.29 is 13.2 Å². The predicted molar refractivity (Wildman–Crippen MR) is 90.1 cm³/mol. The molecule has 25 heavy (non-hydrogen) atoms. The average Bonchev–Trinajstić information content (AvgIpc) is 3.09. The quantitative estimate of drug-likeness (QED) is 0.901. The van der Waals surface area contributed by atoms with Gasteiger partial charge in [0, 0.05) is 13.6 Å². The van der Waals surface area contributed by atoms with E-state index in [2.05, 4.69) is 15.2 Å². The lowest BCUT2D eigenvalue weighted by molar-refractivity contribution is -0.137. The van der Waals surface area contributed by atoms with Gasteiger partial charge in [-0.1, -0.05) is 0 Å². The Kier molecular flexibility index (Phi) is 4.03. The van der Waals surface area contributed by atoms with Crippen LogP contribution in [0.1, 0.15) is 30.7 Å². The number of nitrogens with zero attached hydrogens (tertiary/aromatic N) is 3. The molecule has 0 unspecified atom stereocenters. The Bertz CT molecular complexity index is 774. The van der Waals surface area contributed by atoms with Gasteiger partial charge in [-0.15, -0.1) is 0 Å². The molecule has 4 rings (SSSR count). The molecule has 1 aromatic carbocycles. The van der Waals surface area contributed by atoms with Crippen LogP contribution in [0.25, 0.3) is 11.0 Å². The lowest BCUT2D eigenvalue weighted by Crippen LogP contribution is -2.38. The lowest BCUT2D eigenvalue weighted by atomic mass is 9.78. The van der Waals surface area contributed by atoms with Crippen molar-refractivity contribution in [1.82, 2.24) is 19.8 Å². The summed E-state index contributed by atoms with van der Waals surface area (Å²) < 4.78 is 40.6. The number of hydrogen-bond donors (Lipinski definition) is 1. The number of piperidine rings is 1. The second-order valence-corrected chi connectivity index (χ2v) is 7.50. The third kappa shape index (κ3) is 3.15. The van der Waals surface area contributed by atoms with Gasteiger partial charge in [-0.05, 0) is 62.5 Å². The number of imidazole rings is 1. The number of aryl methyl sites for hydroxylation is 1. The molecule has 0 aliphatic carbocycles. The van der Waals surface area contributed by atoms with Crippen molar-refractivity contribution >= 4 is 11.0 Å². The number of fused-ring (bicyclic) bond motifs is 1. The van der Waals surface area contributed by atoms with Gasteiger partial charge in [-0.25, -0.2) is 4.98 Å². The molecule has 0 amide bonds. The number of alkyl halides is 3. The van der Waals surface area contributed by atoms with Crippen molar-refractivity contribution in [2.45, 2.75) is 32.0 Å². The molecule has 1 N–H and O–H groups in total. The number of likely N-dealkylation sites (tertiary alicyclic amines) is 1. The number of benzene rings is 1. The van der Waals surface area contributed by atoms with Crippen LogP contribution in [0.4, 0.5) is 13.2 Å². The highest BCUT2D eigenvalue weighted by atomic mass is 19.4. The van der Waals surface area contributed by atoms with Gasteiger partial charge in [0.05, 0.1) is 23.1 Å². The fraction of sp³-hybridized carbons (Fsp3) is 0.611. The Balaban J connectivity index is 1.55. The zero-order valence-electron chi connectivity index (χ0n) is 14.4. The summed E-state index contributed by atoms with van der Waals surface area (Å²) in [5, 5.41) is 3.42. The van der Waals surface area contributed by atoms with E-state index in [-0.39, 0.29) is 0 Å². The van der Waals surface area contributed by atoms with E-state index in [0.717, 1.165) is 49.7 Å². The van der Waals surface area contributed by atoms with Crippen LogP contribution in [0.5, 0.6) is 0 Å². The molecule has 2 aliphatic rings. The summed E-state index contributed by atoms with van der Waals surface area (Å²) >= 11 is 0. The monoisotopic (exact) mass is 352 g/mol. The average molecular weight is 352 g/mol. The number of halogens is 3. The molecule has 3 heterocycles. The molecule has 7 heteroatoms. The summed E-state index contributed by atoms with van der Waals surface area (Å²) in [5.74, 6) is 0.834. The third-order valence-electron chi connectivity index (χ3n) is 5.85.